The van der Waals surface area contributed by atoms with Crippen molar-refractivity contribution in [3.8, 4) is 0 Å². The Kier molecular flexibility index (Phi) is 5.23. The molecule has 0 aromatic heterocycles. The Bertz CT molecular complexity index is 499. The molecule has 0 heterocycles. The van der Waals surface area contributed by atoms with Crippen LogP contribution in [0.15, 0.2) is 54.6 Å². The number of hydrogen-bond acceptors (Lipinski definition) is 1. The summed E-state index contributed by atoms with van der Waals surface area (Å²) in [5.74, 6) is 0.597. The molecule has 0 bridgehead atoms. The Morgan fingerprint density at radius 1 is 0.850 bits per heavy atom. The molecule has 0 radical (unpaired) electrons. The van der Waals surface area contributed by atoms with Crippen LogP contribution in [0.4, 0.5) is 5.69 Å². The van der Waals surface area contributed by atoms with Gasteiger partial charge in [-0.25, -0.2) is 0 Å². The maximum absolute atomic E-state index is 3.58. The van der Waals surface area contributed by atoms with E-state index in [2.05, 4.69) is 80.7 Å². The van der Waals surface area contributed by atoms with Gasteiger partial charge in [0.15, 0.2) is 0 Å². The third-order valence-corrected chi connectivity index (χ3v) is 3.70. The predicted molar refractivity (Wildman–Crippen MR) is 88.4 cm³/mol. The van der Waals surface area contributed by atoms with Gasteiger partial charge in [0.2, 0.25) is 0 Å². The van der Waals surface area contributed by atoms with Crippen molar-refractivity contribution in [1.82, 2.24) is 0 Å². The predicted octanol–water partition coefficient (Wildman–Crippen LogP) is 5.24. The molecular weight excluding hydrogens is 242 g/mol. The van der Waals surface area contributed by atoms with Gasteiger partial charge in [0.1, 0.15) is 0 Å². The van der Waals surface area contributed by atoms with Gasteiger partial charge in [0.25, 0.3) is 0 Å². The molecule has 0 aliphatic rings. The van der Waals surface area contributed by atoms with Crippen LogP contribution in [0.2, 0.25) is 0 Å². The molecular formula is C19H25N. The molecule has 1 heteroatoms. The second-order valence-corrected chi connectivity index (χ2v) is 5.85. The van der Waals surface area contributed by atoms with Gasteiger partial charge in [0, 0.05) is 11.7 Å². The molecule has 1 N–H and O–H groups in total. The molecule has 1 nitrogen and oxygen atoms in total. The van der Waals surface area contributed by atoms with E-state index in [4.69, 9.17) is 0 Å². The normalized spacial score (nSPS) is 12.4. The summed E-state index contributed by atoms with van der Waals surface area (Å²) in [6, 6.07) is 20.0. The van der Waals surface area contributed by atoms with E-state index in [-0.39, 0.29) is 0 Å². The van der Waals surface area contributed by atoms with E-state index >= 15 is 0 Å². The Balaban J connectivity index is 1.83. The Labute approximate surface area is 123 Å². The van der Waals surface area contributed by atoms with Gasteiger partial charge in [-0.2, -0.15) is 0 Å². The molecule has 2 aromatic carbocycles. The molecule has 0 saturated heterocycles. The first-order chi connectivity index (χ1) is 9.65. The zero-order valence-corrected chi connectivity index (χ0v) is 12.8. The van der Waals surface area contributed by atoms with Gasteiger partial charge in [-0.1, -0.05) is 56.3 Å². The molecule has 1 unspecified atom stereocenters. The second-order valence-electron chi connectivity index (χ2n) is 5.85. The van der Waals surface area contributed by atoms with Crippen LogP contribution in [0.3, 0.4) is 0 Å². The molecule has 2 aromatic rings. The lowest BCUT2D eigenvalue weighted by Crippen LogP contribution is -2.15. The number of anilines is 1. The lowest BCUT2D eigenvalue weighted by molar-refractivity contribution is 0.706. The topological polar surface area (TPSA) is 12.0 Å². The minimum absolute atomic E-state index is 0.486. The van der Waals surface area contributed by atoms with Crippen molar-refractivity contribution in [2.24, 2.45) is 0 Å². The van der Waals surface area contributed by atoms with Crippen LogP contribution < -0.4 is 5.32 Å². The number of nitrogens with one attached hydrogen (secondary N) is 1. The van der Waals surface area contributed by atoms with Crippen molar-refractivity contribution >= 4 is 5.69 Å². The SMILES string of the molecule is CC(CCc1ccccc1)Nc1ccc(C(C)C)cc1. The van der Waals surface area contributed by atoms with E-state index in [1.54, 1.807) is 0 Å². The highest BCUT2D eigenvalue weighted by atomic mass is 14.9. The average Bonchev–Trinajstić information content (AvgIpc) is 2.47. The molecule has 0 amide bonds. The summed E-state index contributed by atoms with van der Waals surface area (Å²) in [5.41, 5.74) is 4.03. The first-order valence-corrected chi connectivity index (χ1v) is 7.55. The van der Waals surface area contributed by atoms with Gasteiger partial charge in [-0.3, -0.25) is 0 Å². The minimum Gasteiger partial charge on any atom is -0.383 e. The van der Waals surface area contributed by atoms with Gasteiger partial charge < -0.3 is 5.32 Å². The quantitative estimate of drug-likeness (QED) is 0.754. The standard InChI is InChI=1S/C19H25N/c1-15(2)18-11-13-19(14-12-18)20-16(3)9-10-17-7-5-4-6-8-17/h4-8,11-16,20H,9-10H2,1-3H3. The van der Waals surface area contributed by atoms with Gasteiger partial charge >= 0.3 is 0 Å². The molecule has 20 heavy (non-hydrogen) atoms. The minimum atomic E-state index is 0.486. The van der Waals surface area contributed by atoms with E-state index in [0.29, 0.717) is 12.0 Å². The summed E-state index contributed by atoms with van der Waals surface area (Å²) in [5, 5.41) is 3.58. The third kappa shape index (κ3) is 4.41. The van der Waals surface area contributed by atoms with Crippen molar-refractivity contribution in [2.45, 2.75) is 45.6 Å². The maximum Gasteiger partial charge on any atom is 0.0342 e. The highest BCUT2D eigenvalue weighted by Gasteiger charge is 2.04. The first kappa shape index (κ1) is 14.6. The largest absolute Gasteiger partial charge is 0.383 e. The second kappa shape index (κ2) is 7.14. The van der Waals surface area contributed by atoms with E-state index < -0.39 is 0 Å². The first-order valence-electron chi connectivity index (χ1n) is 7.55. The number of aryl methyl sites for hydroxylation is 1. The highest BCUT2D eigenvalue weighted by Crippen LogP contribution is 2.18. The number of benzene rings is 2. The summed E-state index contributed by atoms with van der Waals surface area (Å²) >= 11 is 0. The molecule has 0 spiro atoms. The Morgan fingerprint density at radius 3 is 2.10 bits per heavy atom. The van der Waals surface area contributed by atoms with Gasteiger partial charge in [-0.15, -0.1) is 0 Å². The Morgan fingerprint density at radius 2 is 1.50 bits per heavy atom. The molecule has 0 fully saturated rings. The lowest BCUT2D eigenvalue weighted by atomic mass is 10.0. The van der Waals surface area contributed by atoms with Gasteiger partial charge in [-0.05, 0) is 48.9 Å². The fraction of sp³-hybridized carbons (Fsp3) is 0.368. The van der Waals surface area contributed by atoms with Crippen molar-refractivity contribution < 1.29 is 0 Å². The summed E-state index contributed by atoms with van der Waals surface area (Å²) in [6.45, 7) is 6.70. The summed E-state index contributed by atoms with van der Waals surface area (Å²) < 4.78 is 0. The number of rotatable bonds is 6. The average molecular weight is 267 g/mol. The van der Waals surface area contributed by atoms with Crippen LogP contribution in [-0.2, 0) is 6.42 Å². The van der Waals surface area contributed by atoms with Crippen molar-refractivity contribution in [3.05, 3.63) is 65.7 Å². The number of hydrogen-bond donors (Lipinski definition) is 1. The van der Waals surface area contributed by atoms with E-state index in [1.165, 1.54) is 16.8 Å². The molecule has 2 rings (SSSR count). The molecule has 0 aliphatic heterocycles. The van der Waals surface area contributed by atoms with E-state index in [0.717, 1.165) is 12.8 Å². The van der Waals surface area contributed by atoms with Crippen LogP contribution in [-0.4, -0.2) is 6.04 Å². The fourth-order valence-electron chi connectivity index (χ4n) is 2.35. The van der Waals surface area contributed by atoms with Crippen LogP contribution in [0, 0.1) is 0 Å². The highest BCUT2D eigenvalue weighted by molar-refractivity contribution is 5.45. The van der Waals surface area contributed by atoms with Gasteiger partial charge in [0.05, 0.1) is 0 Å². The molecule has 106 valence electrons. The summed E-state index contributed by atoms with van der Waals surface area (Å²) in [4.78, 5) is 0. The zero-order chi connectivity index (χ0) is 14.4. The summed E-state index contributed by atoms with van der Waals surface area (Å²) in [7, 11) is 0. The van der Waals surface area contributed by atoms with E-state index in [9.17, 15) is 0 Å². The smallest absolute Gasteiger partial charge is 0.0342 e. The monoisotopic (exact) mass is 267 g/mol. The van der Waals surface area contributed by atoms with Crippen molar-refractivity contribution in [3.63, 3.8) is 0 Å². The van der Waals surface area contributed by atoms with Crippen LogP contribution in [0.5, 0.6) is 0 Å². The van der Waals surface area contributed by atoms with Crippen molar-refractivity contribution in [2.75, 3.05) is 5.32 Å². The third-order valence-electron chi connectivity index (χ3n) is 3.70. The molecule has 1 atom stereocenters. The molecule has 0 aliphatic carbocycles. The fourth-order valence-corrected chi connectivity index (χ4v) is 2.35. The maximum atomic E-state index is 3.58. The zero-order valence-electron chi connectivity index (χ0n) is 12.8. The van der Waals surface area contributed by atoms with Crippen LogP contribution in [0.1, 0.15) is 44.2 Å². The van der Waals surface area contributed by atoms with Crippen LogP contribution >= 0.6 is 0 Å². The Hall–Kier alpha value is -1.76. The van der Waals surface area contributed by atoms with E-state index in [1.807, 2.05) is 0 Å². The van der Waals surface area contributed by atoms with Crippen molar-refractivity contribution in [1.29, 1.82) is 0 Å². The lowest BCUT2D eigenvalue weighted by Gasteiger charge is -2.16. The summed E-state index contributed by atoms with van der Waals surface area (Å²) in [6.07, 6.45) is 2.27. The molecule has 0 saturated carbocycles. The van der Waals surface area contributed by atoms with Crippen LogP contribution in [0.25, 0.3) is 0 Å².